The molecule has 0 bridgehead atoms. The van der Waals surface area contributed by atoms with E-state index < -0.39 is 0 Å². The van der Waals surface area contributed by atoms with Gasteiger partial charge in [0.05, 0.1) is 6.04 Å². The highest BCUT2D eigenvalue weighted by Gasteiger charge is 2.27. The Balaban J connectivity index is 1.76. The van der Waals surface area contributed by atoms with Gasteiger partial charge in [0.1, 0.15) is 12.4 Å². The summed E-state index contributed by atoms with van der Waals surface area (Å²) < 4.78 is 7.75. The van der Waals surface area contributed by atoms with Crippen LogP contribution in [0.1, 0.15) is 35.8 Å². The van der Waals surface area contributed by atoms with Crippen LogP contribution in [-0.4, -0.2) is 20.2 Å². The van der Waals surface area contributed by atoms with Crippen molar-refractivity contribution in [3.8, 4) is 5.75 Å². The second kappa shape index (κ2) is 4.40. The van der Waals surface area contributed by atoms with E-state index in [2.05, 4.69) is 15.5 Å². The molecule has 1 saturated carbocycles. The molecule has 5 heteroatoms. The van der Waals surface area contributed by atoms with Crippen molar-refractivity contribution in [2.75, 3.05) is 0 Å². The molecule has 0 N–H and O–H groups in total. The van der Waals surface area contributed by atoms with Crippen LogP contribution >= 0.6 is 0 Å². The minimum Gasteiger partial charge on any atom is -0.485 e. The molecule has 1 aromatic carbocycles. The van der Waals surface area contributed by atoms with Gasteiger partial charge in [-0.25, -0.2) is 4.68 Å². The van der Waals surface area contributed by atoms with Gasteiger partial charge in [-0.1, -0.05) is 18.2 Å². The molecule has 1 aliphatic rings. The monoisotopic (exact) mass is 244 g/mol. The Morgan fingerprint density at radius 3 is 2.67 bits per heavy atom. The fourth-order valence-corrected chi connectivity index (χ4v) is 2.07. The smallest absolute Gasteiger partial charge is 0.189 e. The van der Waals surface area contributed by atoms with Crippen LogP contribution in [-0.2, 0) is 6.61 Å². The standard InChI is InChI=1S/C13H16N4O/c1-9-4-3-5-10(2)13(9)18-8-12-14-15-16-17(12)11-6-7-11/h3-5,11H,6-8H2,1-2H3. The number of aryl methyl sites for hydroxylation is 2. The maximum atomic E-state index is 5.87. The SMILES string of the molecule is Cc1cccc(C)c1OCc1nnnn1C1CC1. The largest absolute Gasteiger partial charge is 0.485 e. The molecule has 0 amide bonds. The van der Waals surface area contributed by atoms with Crippen LogP contribution < -0.4 is 4.74 Å². The van der Waals surface area contributed by atoms with Crippen molar-refractivity contribution in [1.29, 1.82) is 0 Å². The lowest BCUT2D eigenvalue weighted by Crippen LogP contribution is -2.08. The van der Waals surface area contributed by atoms with E-state index >= 15 is 0 Å². The Kier molecular flexibility index (Phi) is 2.74. The topological polar surface area (TPSA) is 52.8 Å². The van der Waals surface area contributed by atoms with Gasteiger partial charge in [-0.2, -0.15) is 0 Å². The lowest BCUT2D eigenvalue weighted by molar-refractivity contribution is 0.283. The van der Waals surface area contributed by atoms with Crippen molar-refractivity contribution in [1.82, 2.24) is 20.2 Å². The van der Waals surface area contributed by atoms with E-state index in [1.807, 2.05) is 36.7 Å². The summed E-state index contributed by atoms with van der Waals surface area (Å²) in [5.74, 6) is 1.74. The third kappa shape index (κ3) is 2.08. The third-order valence-corrected chi connectivity index (χ3v) is 3.21. The van der Waals surface area contributed by atoms with Crippen molar-refractivity contribution in [2.45, 2.75) is 39.3 Å². The molecule has 0 spiro atoms. The Hall–Kier alpha value is -1.91. The van der Waals surface area contributed by atoms with Crippen molar-refractivity contribution in [2.24, 2.45) is 0 Å². The van der Waals surface area contributed by atoms with Crippen LogP contribution in [0.4, 0.5) is 0 Å². The molecule has 1 aliphatic carbocycles. The number of ether oxygens (including phenoxy) is 1. The Morgan fingerprint density at radius 1 is 1.28 bits per heavy atom. The third-order valence-electron chi connectivity index (χ3n) is 3.21. The van der Waals surface area contributed by atoms with E-state index in [4.69, 9.17) is 4.74 Å². The highest BCUT2D eigenvalue weighted by molar-refractivity contribution is 5.39. The predicted octanol–water partition coefficient (Wildman–Crippen LogP) is 2.20. The first-order valence-corrected chi connectivity index (χ1v) is 6.21. The molecule has 3 rings (SSSR count). The number of benzene rings is 1. The second-order valence-electron chi connectivity index (χ2n) is 4.78. The molecule has 0 saturated heterocycles. The summed E-state index contributed by atoms with van der Waals surface area (Å²) in [4.78, 5) is 0. The normalized spacial score (nSPS) is 14.8. The average molecular weight is 244 g/mol. The van der Waals surface area contributed by atoms with E-state index in [0.29, 0.717) is 12.6 Å². The number of hydrogen-bond acceptors (Lipinski definition) is 4. The zero-order valence-corrected chi connectivity index (χ0v) is 10.6. The van der Waals surface area contributed by atoms with E-state index in [-0.39, 0.29) is 0 Å². The van der Waals surface area contributed by atoms with Gasteiger partial charge in [0.2, 0.25) is 0 Å². The van der Waals surface area contributed by atoms with E-state index in [1.54, 1.807) is 0 Å². The van der Waals surface area contributed by atoms with Gasteiger partial charge < -0.3 is 4.74 Å². The highest BCUT2D eigenvalue weighted by Crippen LogP contribution is 2.34. The quantitative estimate of drug-likeness (QED) is 0.827. The lowest BCUT2D eigenvalue weighted by atomic mass is 10.1. The highest BCUT2D eigenvalue weighted by atomic mass is 16.5. The summed E-state index contributed by atoms with van der Waals surface area (Å²) >= 11 is 0. The minimum atomic E-state index is 0.426. The van der Waals surface area contributed by atoms with Gasteiger partial charge >= 0.3 is 0 Å². The maximum absolute atomic E-state index is 5.87. The molecule has 0 radical (unpaired) electrons. The summed E-state index contributed by atoms with van der Waals surface area (Å²) in [6.45, 7) is 4.52. The predicted molar refractivity (Wildman–Crippen MR) is 66.3 cm³/mol. The average Bonchev–Trinajstić information content (AvgIpc) is 3.09. The molecule has 0 atom stereocenters. The number of nitrogens with zero attached hydrogens (tertiary/aromatic N) is 4. The lowest BCUT2D eigenvalue weighted by Gasteiger charge is -2.11. The zero-order valence-electron chi connectivity index (χ0n) is 10.6. The maximum Gasteiger partial charge on any atom is 0.189 e. The van der Waals surface area contributed by atoms with Crippen molar-refractivity contribution < 1.29 is 4.74 Å². The van der Waals surface area contributed by atoms with Crippen molar-refractivity contribution in [3.05, 3.63) is 35.2 Å². The number of rotatable bonds is 4. The summed E-state index contributed by atoms with van der Waals surface area (Å²) in [5.41, 5.74) is 2.28. The first-order valence-electron chi connectivity index (χ1n) is 6.21. The second-order valence-corrected chi connectivity index (χ2v) is 4.78. The van der Waals surface area contributed by atoms with Gasteiger partial charge in [-0.05, 0) is 48.2 Å². The first kappa shape index (κ1) is 11.2. The Labute approximate surface area is 106 Å². The minimum absolute atomic E-state index is 0.426. The summed E-state index contributed by atoms with van der Waals surface area (Å²) in [6.07, 6.45) is 2.34. The van der Waals surface area contributed by atoms with Crippen LogP contribution in [0.5, 0.6) is 5.75 Å². The summed E-state index contributed by atoms with van der Waals surface area (Å²) in [6, 6.07) is 6.61. The van der Waals surface area contributed by atoms with Gasteiger partial charge in [0.25, 0.3) is 0 Å². The molecular formula is C13H16N4O. The van der Waals surface area contributed by atoms with E-state index in [1.165, 1.54) is 12.8 Å². The molecule has 2 aromatic rings. The molecule has 1 fully saturated rings. The molecule has 0 aliphatic heterocycles. The van der Waals surface area contributed by atoms with Crippen LogP contribution in [0.25, 0.3) is 0 Å². The molecule has 5 nitrogen and oxygen atoms in total. The van der Waals surface area contributed by atoms with Gasteiger partial charge in [-0.3, -0.25) is 0 Å². The fraction of sp³-hybridized carbons (Fsp3) is 0.462. The first-order chi connectivity index (χ1) is 8.75. The van der Waals surface area contributed by atoms with Crippen LogP contribution in [0, 0.1) is 13.8 Å². The summed E-state index contributed by atoms with van der Waals surface area (Å²) in [5, 5.41) is 11.8. The fourth-order valence-electron chi connectivity index (χ4n) is 2.07. The van der Waals surface area contributed by atoms with E-state index in [9.17, 15) is 0 Å². The Morgan fingerprint density at radius 2 is 2.00 bits per heavy atom. The molecule has 0 unspecified atom stereocenters. The van der Waals surface area contributed by atoms with Crippen LogP contribution in [0.2, 0.25) is 0 Å². The Bertz CT molecular complexity index is 540. The van der Waals surface area contributed by atoms with Crippen LogP contribution in [0.15, 0.2) is 18.2 Å². The van der Waals surface area contributed by atoms with Crippen LogP contribution in [0.3, 0.4) is 0 Å². The van der Waals surface area contributed by atoms with Crippen molar-refractivity contribution in [3.63, 3.8) is 0 Å². The van der Waals surface area contributed by atoms with E-state index in [0.717, 1.165) is 22.7 Å². The number of para-hydroxylation sites is 1. The number of aromatic nitrogens is 4. The molecular weight excluding hydrogens is 228 g/mol. The van der Waals surface area contributed by atoms with Gasteiger partial charge in [0.15, 0.2) is 5.82 Å². The zero-order chi connectivity index (χ0) is 12.5. The van der Waals surface area contributed by atoms with Crippen molar-refractivity contribution >= 4 is 0 Å². The number of hydrogen-bond donors (Lipinski definition) is 0. The number of tetrazole rings is 1. The molecule has 1 aromatic heterocycles. The molecule has 94 valence electrons. The summed E-state index contributed by atoms with van der Waals surface area (Å²) in [7, 11) is 0. The molecule has 1 heterocycles. The molecule has 18 heavy (non-hydrogen) atoms. The van der Waals surface area contributed by atoms with Gasteiger partial charge in [-0.15, -0.1) is 5.10 Å². The van der Waals surface area contributed by atoms with Gasteiger partial charge in [0, 0.05) is 0 Å².